The Morgan fingerprint density at radius 2 is 1.23 bits per heavy atom. The first kappa shape index (κ1) is 28.8. The number of aliphatic imine (C=N–C) groups is 2. The summed E-state index contributed by atoms with van der Waals surface area (Å²) in [4.78, 5) is 10.3. The van der Waals surface area contributed by atoms with Crippen LogP contribution < -0.4 is 0 Å². The van der Waals surface area contributed by atoms with Crippen LogP contribution in [0.2, 0.25) is 0 Å². The smallest absolute Gasteiger partial charge is 0.0746 e. The molecule has 0 saturated carbocycles. The lowest BCUT2D eigenvalue weighted by atomic mass is 9.90. The molecule has 0 saturated heterocycles. The minimum absolute atomic E-state index is 0.912. The SMILES string of the molecule is C1=Nc2c(c3ccc(-c4cccc(C5=N/C(c6ccccc6)=C\C(c6ccccc6)=C/CCC5)c4)cc3c3ccccc23)CC/C=C\1. The number of hydrogen-bond donors (Lipinski definition) is 0. The van der Waals surface area contributed by atoms with E-state index >= 15 is 0 Å². The summed E-state index contributed by atoms with van der Waals surface area (Å²) in [5.41, 5.74) is 11.7. The molecular formula is C45H36N2. The summed E-state index contributed by atoms with van der Waals surface area (Å²) in [6.07, 6.45) is 15.8. The summed E-state index contributed by atoms with van der Waals surface area (Å²) >= 11 is 0. The van der Waals surface area contributed by atoms with E-state index in [1.165, 1.54) is 54.9 Å². The Morgan fingerprint density at radius 3 is 2.09 bits per heavy atom. The van der Waals surface area contributed by atoms with Gasteiger partial charge in [0.15, 0.2) is 0 Å². The van der Waals surface area contributed by atoms with E-state index in [0.717, 1.165) is 54.8 Å². The highest BCUT2D eigenvalue weighted by Crippen LogP contribution is 2.41. The topological polar surface area (TPSA) is 24.7 Å². The number of rotatable bonds is 4. The van der Waals surface area contributed by atoms with Gasteiger partial charge in [-0.15, -0.1) is 0 Å². The van der Waals surface area contributed by atoms with Gasteiger partial charge in [-0.1, -0.05) is 127 Å². The molecule has 2 heteroatoms. The Bertz CT molecular complexity index is 2250. The molecule has 2 nitrogen and oxygen atoms in total. The molecule has 0 aromatic heterocycles. The first-order valence-electron chi connectivity index (χ1n) is 16.7. The fourth-order valence-electron chi connectivity index (χ4n) is 6.97. The molecule has 0 atom stereocenters. The minimum atomic E-state index is 0.912. The van der Waals surface area contributed by atoms with Crippen LogP contribution in [0.1, 0.15) is 47.9 Å². The second kappa shape index (κ2) is 13.0. The lowest BCUT2D eigenvalue weighted by Gasteiger charge is -2.16. The van der Waals surface area contributed by atoms with Gasteiger partial charge in [0, 0.05) is 22.9 Å². The van der Waals surface area contributed by atoms with E-state index in [2.05, 4.69) is 152 Å². The molecule has 0 amide bonds. The second-order valence-corrected chi connectivity index (χ2v) is 12.3. The Labute approximate surface area is 276 Å². The number of benzene rings is 6. The molecule has 6 aromatic rings. The molecule has 47 heavy (non-hydrogen) atoms. The second-order valence-electron chi connectivity index (χ2n) is 12.3. The Balaban J connectivity index is 1.23. The van der Waals surface area contributed by atoms with E-state index < -0.39 is 0 Å². The summed E-state index contributed by atoms with van der Waals surface area (Å²) < 4.78 is 0. The molecule has 0 unspecified atom stereocenters. The third kappa shape index (κ3) is 5.91. The van der Waals surface area contributed by atoms with Crippen LogP contribution >= 0.6 is 0 Å². The van der Waals surface area contributed by atoms with Crippen molar-refractivity contribution in [2.45, 2.75) is 32.1 Å². The van der Waals surface area contributed by atoms with Gasteiger partial charge in [-0.25, -0.2) is 0 Å². The normalized spacial score (nSPS) is 17.9. The average molecular weight is 605 g/mol. The summed E-state index contributed by atoms with van der Waals surface area (Å²) in [6.45, 7) is 0. The molecule has 0 aliphatic carbocycles. The molecule has 2 aliphatic heterocycles. The van der Waals surface area contributed by atoms with Crippen molar-refractivity contribution in [3.63, 3.8) is 0 Å². The van der Waals surface area contributed by atoms with Gasteiger partial charge in [-0.05, 0) is 106 Å². The Morgan fingerprint density at radius 1 is 0.511 bits per heavy atom. The molecule has 0 bridgehead atoms. The van der Waals surface area contributed by atoms with Crippen molar-refractivity contribution in [3.05, 3.63) is 174 Å². The zero-order chi connectivity index (χ0) is 31.4. The maximum Gasteiger partial charge on any atom is 0.0746 e. The van der Waals surface area contributed by atoms with Gasteiger partial charge in [-0.3, -0.25) is 9.98 Å². The van der Waals surface area contributed by atoms with Crippen LogP contribution in [0, 0.1) is 0 Å². The molecule has 0 spiro atoms. The van der Waals surface area contributed by atoms with Crippen LogP contribution in [-0.2, 0) is 6.42 Å². The quantitative estimate of drug-likeness (QED) is 0.179. The van der Waals surface area contributed by atoms with Crippen molar-refractivity contribution in [3.8, 4) is 11.1 Å². The van der Waals surface area contributed by atoms with Crippen molar-refractivity contribution in [1.82, 2.24) is 0 Å². The van der Waals surface area contributed by atoms with Gasteiger partial charge >= 0.3 is 0 Å². The van der Waals surface area contributed by atoms with E-state index in [-0.39, 0.29) is 0 Å². The van der Waals surface area contributed by atoms with Crippen molar-refractivity contribution in [2.24, 2.45) is 9.98 Å². The van der Waals surface area contributed by atoms with Gasteiger partial charge in [-0.2, -0.15) is 0 Å². The average Bonchev–Trinajstić information content (AvgIpc) is 3.23. The largest absolute Gasteiger partial charge is 0.256 e. The van der Waals surface area contributed by atoms with Crippen LogP contribution in [0.3, 0.4) is 0 Å². The third-order valence-electron chi connectivity index (χ3n) is 9.33. The Kier molecular flexibility index (Phi) is 7.99. The number of nitrogens with zero attached hydrogens (tertiary/aromatic N) is 2. The number of fused-ring (bicyclic) bond motifs is 6. The first-order valence-corrected chi connectivity index (χ1v) is 16.7. The van der Waals surface area contributed by atoms with Gasteiger partial charge < -0.3 is 0 Å². The molecule has 6 aromatic carbocycles. The highest BCUT2D eigenvalue weighted by atomic mass is 14.8. The molecule has 0 N–H and O–H groups in total. The van der Waals surface area contributed by atoms with E-state index in [1.54, 1.807) is 0 Å². The predicted octanol–water partition coefficient (Wildman–Crippen LogP) is 12.0. The number of hydrogen-bond acceptors (Lipinski definition) is 2. The molecule has 0 fully saturated rings. The van der Waals surface area contributed by atoms with E-state index in [0.29, 0.717) is 0 Å². The molecule has 2 heterocycles. The third-order valence-corrected chi connectivity index (χ3v) is 9.33. The van der Waals surface area contributed by atoms with Crippen molar-refractivity contribution < 1.29 is 0 Å². The minimum Gasteiger partial charge on any atom is -0.256 e. The standard InChI is InChI=1S/C45H36N2/c1-4-15-32(16-5-1)35-19-9-12-25-43(47-44(31-35)33-17-6-2-7-18-33)37-21-14-20-34(29-37)36-26-27-39-41-23-8-3-13-28-46-45(41)40-24-11-10-22-38(40)42(39)30-36/h1-7,10-11,13-22,24,26-31H,8-9,12,23,25H2/b13-3-,35-19+,44-31-,46-28?,47-43?. The highest BCUT2D eigenvalue weighted by molar-refractivity contribution is 6.16. The summed E-state index contributed by atoms with van der Waals surface area (Å²) in [6, 6.07) is 45.9. The monoisotopic (exact) mass is 604 g/mol. The van der Waals surface area contributed by atoms with Gasteiger partial charge in [0.25, 0.3) is 0 Å². The summed E-state index contributed by atoms with van der Waals surface area (Å²) in [5.74, 6) is 0. The van der Waals surface area contributed by atoms with E-state index in [4.69, 9.17) is 9.98 Å². The lowest BCUT2D eigenvalue weighted by Crippen LogP contribution is -2.02. The van der Waals surface area contributed by atoms with Gasteiger partial charge in [0.1, 0.15) is 0 Å². The van der Waals surface area contributed by atoms with Gasteiger partial charge in [0.2, 0.25) is 0 Å². The van der Waals surface area contributed by atoms with Crippen LogP contribution in [-0.4, -0.2) is 11.9 Å². The van der Waals surface area contributed by atoms with Crippen LogP contribution in [0.15, 0.2) is 162 Å². The maximum absolute atomic E-state index is 5.42. The van der Waals surface area contributed by atoms with Crippen LogP contribution in [0.4, 0.5) is 5.69 Å². The molecular weight excluding hydrogens is 569 g/mol. The zero-order valence-corrected chi connectivity index (χ0v) is 26.4. The fourth-order valence-corrected chi connectivity index (χ4v) is 6.97. The Hall–Kier alpha value is -5.60. The molecule has 2 aliphatic rings. The summed E-state index contributed by atoms with van der Waals surface area (Å²) in [7, 11) is 0. The van der Waals surface area contributed by atoms with E-state index in [1.807, 2.05) is 6.21 Å². The van der Waals surface area contributed by atoms with E-state index in [9.17, 15) is 0 Å². The van der Waals surface area contributed by atoms with Crippen LogP contribution in [0.25, 0.3) is 43.9 Å². The van der Waals surface area contributed by atoms with Crippen molar-refractivity contribution >= 4 is 50.4 Å². The number of aryl methyl sites for hydroxylation is 1. The predicted molar refractivity (Wildman–Crippen MR) is 202 cm³/mol. The van der Waals surface area contributed by atoms with Crippen molar-refractivity contribution in [2.75, 3.05) is 0 Å². The van der Waals surface area contributed by atoms with Crippen LogP contribution in [0.5, 0.6) is 0 Å². The first-order chi connectivity index (χ1) is 23.3. The maximum atomic E-state index is 5.42. The fraction of sp³-hybridized carbons (Fsp3) is 0.111. The van der Waals surface area contributed by atoms with Gasteiger partial charge in [0.05, 0.1) is 11.4 Å². The molecule has 0 radical (unpaired) electrons. The highest BCUT2D eigenvalue weighted by Gasteiger charge is 2.16. The summed E-state index contributed by atoms with van der Waals surface area (Å²) in [5, 5.41) is 5.05. The zero-order valence-electron chi connectivity index (χ0n) is 26.4. The lowest BCUT2D eigenvalue weighted by molar-refractivity contribution is 0.896. The van der Waals surface area contributed by atoms with Crippen molar-refractivity contribution in [1.29, 1.82) is 0 Å². The molecule has 226 valence electrons. The number of allylic oxidation sites excluding steroid dienone is 5. The molecule has 8 rings (SSSR count).